The summed E-state index contributed by atoms with van der Waals surface area (Å²) in [6.45, 7) is 3.05. The van der Waals surface area contributed by atoms with Crippen LogP contribution in [0.5, 0.6) is 5.75 Å². The summed E-state index contributed by atoms with van der Waals surface area (Å²) < 4.78 is 11.0. The standard InChI is InChI=1S/C14H19BrO2/c1-10-12(7-8-17-10)13(15)9-11-5-3-4-6-14(11)16-2/h3-6,10,12-13H,7-9H2,1-2H3. The van der Waals surface area contributed by atoms with E-state index in [4.69, 9.17) is 9.47 Å². The Bertz CT molecular complexity index is 367. The second kappa shape index (κ2) is 5.87. The molecule has 3 heteroatoms. The van der Waals surface area contributed by atoms with Crippen LogP contribution in [0.3, 0.4) is 0 Å². The summed E-state index contributed by atoms with van der Waals surface area (Å²) in [6, 6.07) is 8.22. The van der Waals surface area contributed by atoms with Crippen molar-refractivity contribution in [1.82, 2.24) is 0 Å². The molecule has 1 aliphatic rings. The molecule has 2 nitrogen and oxygen atoms in total. The molecule has 0 N–H and O–H groups in total. The molecule has 0 spiro atoms. The number of ether oxygens (including phenoxy) is 2. The Morgan fingerprint density at radius 2 is 2.24 bits per heavy atom. The minimum Gasteiger partial charge on any atom is -0.496 e. The Labute approximate surface area is 111 Å². The lowest BCUT2D eigenvalue weighted by Gasteiger charge is -2.21. The summed E-state index contributed by atoms with van der Waals surface area (Å²) in [5.41, 5.74) is 1.26. The van der Waals surface area contributed by atoms with Gasteiger partial charge in [0.25, 0.3) is 0 Å². The van der Waals surface area contributed by atoms with Gasteiger partial charge in [0.1, 0.15) is 5.75 Å². The molecule has 0 radical (unpaired) electrons. The van der Waals surface area contributed by atoms with Gasteiger partial charge in [-0.05, 0) is 37.3 Å². The maximum Gasteiger partial charge on any atom is 0.122 e. The zero-order chi connectivity index (χ0) is 12.3. The van der Waals surface area contributed by atoms with Gasteiger partial charge < -0.3 is 9.47 Å². The van der Waals surface area contributed by atoms with Gasteiger partial charge in [-0.15, -0.1) is 0 Å². The molecule has 1 aromatic carbocycles. The second-order valence-electron chi connectivity index (χ2n) is 4.56. The van der Waals surface area contributed by atoms with E-state index >= 15 is 0 Å². The summed E-state index contributed by atoms with van der Waals surface area (Å²) in [5, 5.41) is 0. The average molecular weight is 299 g/mol. The molecule has 3 unspecified atom stereocenters. The fourth-order valence-corrected chi connectivity index (χ4v) is 3.50. The Kier molecular flexibility index (Phi) is 4.46. The number of halogens is 1. The van der Waals surface area contributed by atoms with Gasteiger partial charge in [-0.2, -0.15) is 0 Å². The highest BCUT2D eigenvalue weighted by Gasteiger charge is 2.30. The maximum absolute atomic E-state index is 5.62. The van der Waals surface area contributed by atoms with Crippen LogP contribution in [0.25, 0.3) is 0 Å². The third kappa shape index (κ3) is 3.02. The Morgan fingerprint density at radius 1 is 1.47 bits per heavy atom. The third-order valence-electron chi connectivity index (χ3n) is 3.51. The van der Waals surface area contributed by atoms with Crippen molar-refractivity contribution >= 4 is 15.9 Å². The Hall–Kier alpha value is -0.540. The van der Waals surface area contributed by atoms with E-state index in [1.165, 1.54) is 5.56 Å². The van der Waals surface area contributed by atoms with E-state index in [9.17, 15) is 0 Å². The first kappa shape index (κ1) is 12.9. The van der Waals surface area contributed by atoms with Gasteiger partial charge >= 0.3 is 0 Å². The summed E-state index contributed by atoms with van der Waals surface area (Å²) in [5.74, 6) is 1.57. The topological polar surface area (TPSA) is 18.5 Å². The van der Waals surface area contributed by atoms with Crippen molar-refractivity contribution < 1.29 is 9.47 Å². The Morgan fingerprint density at radius 3 is 2.88 bits per heavy atom. The molecule has 1 fully saturated rings. The molecule has 3 atom stereocenters. The second-order valence-corrected chi connectivity index (χ2v) is 5.74. The van der Waals surface area contributed by atoms with Gasteiger partial charge in [-0.25, -0.2) is 0 Å². The van der Waals surface area contributed by atoms with Crippen LogP contribution in [-0.2, 0) is 11.2 Å². The highest BCUT2D eigenvalue weighted by Crippen LogP contribution is 2.32. The Balaban J connectivity index is 2.04. The zero-order valence-corrected chi connectivity index (χ0v) is 11.9. The van der Waals surface area contributed by atoms with E-state index in [-0.39, 0.29) is 0 Å². The number of hydrogen-bond donors (Lipinski definition) is 0. The fourth-order valence-electron chi connectivity index (χ4n) is 2.46. The summed E-state index contributed by atoms with van der Waals surface area (Å²) >= 11 is 3.81. The van der Waals surface area contributed by atoms with Crippen molar-refractivity contribution in [2.24, 2.45) is 5.92 Å². The van der Waals surface area contributed by atoms with E-state index in [1.54, 1.807) is 7.11 Å². The van der Waals surface area contributed by atoms with Crippen LogP contribution in [0.4, 0.5) is 0 Å². The van der Waals surface area contributed by atoms with Crippen LogP contribution in [0.1, 0.15) is 18.9 Å². The number of hydrogen-bond acceptors (Lipinski definition) is 2. The molecule has 1 aliphatic heterocycles. The number of methoxy groups -OCH3 is 1. The summed E-state index contributed by atoms with van der Waals surface area (Å²) in [6.07, 6.45) is 2.49. The molecular weight excluding hydrogens is 280 g/mol. The number of para-hydroxylation sites is 1. The average Bonchev–Trinajstić information content (AvgIpc) is 2.76. The molecule has 1 aromatic rings. The minimum atomic E-state index is 0.356. The SMILES string of the molecule is COc1ccccc1CC(Br)C1CCOC1C. The number of benzene rings is 1. The lowest BCUT2D eigenvalue weighted by molar-refractivity contribution is 0.105. The maximum atomic E-state index is 5.62. The van der Waals surface area contributed by atoms with Crippen LogP contribution in [0.15, 0.2) is 24.3 Å². The lowest BCUT2D eigenvalue weighted by atomic mass is 9.94. The molecule has 2 rings (SSSR count). The fraction of sp³-hybridized carbons (Fsp3) is 0.571. The zero-order valence-electron chi connectivity index (χ0n) is 10.4. The van der Waals surface area contributed by atoms with E-state index in [2.05, 4.69) is 35.0 Å². The highest BCUT2D eigenvalue weighted by atomic mass is 79.9. The van der Waals surface area contributed by atoms with Gasteiger partial charge in [0.05, 0.1) is 13.2 Å². The van der Waals surface area contributed by atoms with Crippen LogP contribution in [0.2, 0.25) is 0 Å². The molecule has 1 heterocycles. The van der Waals surface area contributed by atoms with Crippen molar-refractivity contribution in [3.63, 3.8) is 0 Å². The predicted molar refractivity (Wildman–Crippen MR) is 72.9 cm³/mol. The highest BCUT2D eigenvalue weighted by molar-refractivity contribution is 9.09. The van der Waals surface area contributed by atoms with Gasteiger partial charge in [0.15, 0.2) is 0 Å². The van der Waals surface area contributed by atoms with E-state index < -0.39 is 0 Å². The molecule has 0 saturated carbocycles. The number of alkyl halides is 1. The van der Waals surface area contributed by atoms with Crippen LogP contribution in [0, 0.1) is 5.92 Å². The summed E-state index contributed by atoms with van der Waals surface area (Å²) in [7, 11) is 1.73. The van der Waals surface area contributed by atoms with Crippen molar-refractivity contribution in [3.05, 3.63) is 29.8 Å². The van der Waals surface area contributed by atoms with Crippen LogP contribution in [-0.4, -0.2) is 24.6 Å². The third-order valence-corrected chi connectivity index (χ3v) is 4.51. The van der Waals surface area contributed by atoms with E-state index in [1.807, 2.05) is 12.1 Å². The first-order valence-electron chi connectivity index (χ1n) is 6.10. The quantitative estimate of drug-likeness (QED) is 0.793. The number of rotatable bonds is 4. The van der Waals surface area contributed by atoms with Crippen molar-refractivity contribution in [3.8, 4) is 5.75 Å². The van der Waals surface area contributed by atoms with Crippen LogP contribution < -0.4 is 4.74 Å². The first-order valence-corrected chi connectivity index (χ1v) is 7.01. The van der Waals surface area contributed by atoms with Gasteiger partial charge in [0.2, 0.25) is 0 Å². The van der Waals surface area contributed by atoms with Crippen molar-refractivity contribution in [1.29, 1.82) is 0 Å². The minimum absolute atomic E-state index is 0.356. The summed E-state index contributed by atoms with van der Waals surface area (Å²) in [4.78, 5) is 0.455. The predicted octanol–water partition coefficient (Wildman–Crippen LogP) is 3.43. The normalized spacial score (nSPS) is 25.8. The molecule has 1 saturated heterocycles. The largest absolute Gasteiger partial charge is 0.496 e. The smallest absolute Gasteiger partial charge is 0.122 e. The molecule has 0 aliphatic carbocycles. The molecule has 94 valence electrons. The molecule has 17 heavy (non-hydrogen) atoms. The molecule has 0 amide bonds. The van der Waals surface area contributed by atoms with Crippen LogP contribution >= 0.6 is 15.9 Å². The molecule has 0 bridgehead atoms. The van der Waals surface area contributed by atoms with Gasteiger partial charge in [-0.1, -0.05) is 34.1 Å². The first-order chi connectivity index (χ1) is 8.22. The van der Waals surface area contributed by atoms with E-state index in [0.717, 1.165) is 25.2 Å². The monoisotopic (exact) mass is 298 g/mol. The van der Waals surface area contributed by atoms with Gasteiger partial charge in [0, 0.05) is 11.4 Å². The molecule has 0 aromatic heterocycles. The molecular formula is C14H19BrO2. The van der Waals surface area contributed by atoms with Crippen molar-refractivity contribution in [2.75, 3.05) is 13.7 Å². The lowest BCUT2D eigenvalue weighted by Crippen LogP contribution is -2.23. The van der Waals surface area contributed by atoms with Crippen molar-refractivity contribution in [2.45, 2.75) is 30.7 Å². The van der Waals surface area contributed by atoms with E-state index in [0.29, 0.717) is 16.8 Å². The van der Waals surface area contributed by atoms with Gasteiger partial charge in [-0.3, -0.25) is 0 Å².